The third-order valence-corrected chi connectivity index (χ3v) is 9.84. The molecule has 0 amide bonds. The highest BCUT2D eigenvalue weighted by Crippen LogP contribution is 2.49. The van der Waals surface area contributed by atoms with Gasteiger partial charge in [-0.1, -0.05) is 133 Å². The van der Waals surface area contributed by atoms with Crippen LogP contribution in [0.15, 0.2) is 197 Å². The average Bonchev–Trinajstić information content (AvgIpc) is 3.77. The molecule has 0 bridgehead atoms. The molecule has 8 aromatic carbocycles. The summed E-state index contributed by atoms with van der Waals surface area (Å²) in [6.07, 6.45) is 0. The number of hydrogen-bond acceptors (Lipinski definition) is 3. The first kappa shape index (κ1) is 29.1. The Morgan fingerprint density at radius 2 is 0.843 bits per heavy atom. The van der Waals surface area contributed by atoms with Gasteiger partial charge in [0.1, 0.15) is 16.7 Å². The Morgan fingerprint density at radius 1 is 0.314 bits per heavy atom. The van der Waals surface area contributed by atoms with Gasteiger partial charge in [-0.15, -0.1) is 0 Å². The predicted molar refractivity (Wildman–Crippen MR) is 212 cm³/mol. The van der Waals surface area contributed by atoms with E-state index in [9.17, 15) is 0 Å². The highest BCUT2D eigenvalue weighted by Gasteiger charge is 2.25. The standard InChI is InChI=1S/C48H31NO2/c1-4-14-32(15-5-1)35-28-36(33-16-6-2-7-17-33)30-38(29-35)49(37-24-27-46-43(31-37)41-21-11-12-22-44(41)50-46)47-39(34-18-8-3-9-19-34)25-26-42-40-20-10-13-23-45(40)51-48(42)47/h1-31H. The molecule has 10 rings (SSSR count). The van der Waals surface area contributed by atoms with E-state index in [4.69, 9.17) is 8.83 Å². The van der Waals surface area contributed by atoms with E-state index in [1.54, 1.807) is 0 Å². The molecule has 240 valence electrons. The molecule has 0 unspecified atom stereocenters. The molecule has 0 N–H and O–H groups in total. The predicted octanol–water partition coefficient (Wildman–Crippen LogP) is 14.0. The van der Waals surface area contributed by atoms with Crippen LogP contribution in [0.2, 0.25) is 0 Å². The van der Waals surface area contributed by atoms with Crippen molar-refractivity contribution >= 4 is 60.9 Å². The Morgan fingerprint density at radius 3 is 1.49 bits per heavy atom. The number of rotatable bonds is 6. The maximum absolute atomic E-state index is 6.88. The zero-order chi connectivity index (χ0) is 33.7. The molecule has 2 heterocycles. The summed E-state index contributed by atoms with van der Waals surface area (Å²) in [5.41, 5.74) is 13.2. The maximum Gasteiger partial charge on any atom is 0.160 e. The minimum atomic E-state index is 0.834. The molecule has 0 radical (unpaired) electrons. The number of hydrogen-bond donors (Lipinski definition) is 0. The summed E-state index contributed by atoms with van der Waals surface area (Å²) in [7, 11) is 0. The topological polar surface area (TPSA) is 29.5 Å². The van der Waals surface area contributed by atoms with Gasteiger partial charge in [0.25, 0.3) is 0 Å². The number of furan rings is 2. The molecule has 0 atom stereocenters. The number of fused-ring (bicyclic) bond motifs is 6. The van der Waals surface area contributed by atoms with Crippen molar-refractivity contribution in [2.75, 3.05) is 4.90 Å². The molecule has 10 aromatic rings. The molecule has 51 heavy (non-hydrogen) atoms. The van der Waals surface area contributed by atoms with Gasteiger partial charge in [0.2, 0.25) is 0 Å². The molecule has 3 nitrogen and oxygen atoms in total. The Labute approximate surface area is 295 Å². The summed E-state index contributed by atoms with van der Waals surface area (Å²) in [5.74, 6) is 0. The van der Waals surface area contributed by atoms with Gasteiger partial charge in [-0.2, -0.15) is 0 Å². The van der Waals surface area contributed by atoms with Crippen molar-refractivity contribution in [1.82, 2.24) is 0 Å². The molecular weight excluding hydrogens is 623 g/mol. The third kappa shape index (κ3) is 4.98. The molecule has 0 saturated carbocycles. The highest BCUT2D eigenvalue weighted by atomic mass is 16.3. The second kappa shape index (κ2) is 11.9. The van der Waals surface area contributed by atoms with E-state index >= 15 is 0 Å². The van der Waals surface area contributed by atoms with Crippen molar-refractivity contribution in [3.63, 3.8) is 0 Å². The average molecular weight is 654 g/mol. The minimum absolute atomic E-state index is 0.834. The zero-order valence-electron chi connectivity index (χ0n) is 27.7. The van der Waals surface area contributed by atoms with Crippen molar-refractivity contribution in [1.29, 1.82) is 0 Å². The van der Waals surface area contributed by atoms with E-state index in [0.717, 1.165) is 94.3 Å². The lowest BCUT2D eigenvalue weighted by Crippen LogP contribution is -2.12. The Balaban J connectivity index is 1.34. The molecule has 2 aromatic heterocycles. The van der Waals surface area contributed by atoms with Crippen molar-refractivity contribution in [2.45, 2.75) is 0 Å². The fraction of sp³-hybridized carbons (Fsp3) is 0. The summed E-state index contributed by atoms with van der Waals surface area (Å²) in [6.45, 7) is 0. The normalized spacial score (nSPS) is 11.5. The minimum Gasteiger partial charge on any atom is -0.456 e. The van der Waals surface area contributed by atoms with Gasteiger partial charge in [0, 0.05) is 38.5 Å². The lowest BCUT2D eigenvalue weighted by molar-refractivity contribution is 0.669. The van der Waals surface area contributed by atoms with Gasteiger partial charge < -0.3 is 13.7 Å². The van der Waals surface area contributed by atoms with Gasteiger partial charge in [-0.05, 0) is 82.4 Å². The van der Waals surface area contributed by atoms with Crippen molar-refractivity contribution in [3.8, 4) is 33.4 Å². The van der Waals surface area contributed by atoms with Crippen LogP contribution in [0.25, 0.3) is 77.3 Å². The van der Waals surface area contributed by atoms with Crippen molar-refractivity contribution < 1.29 is 8.83 Å². The molecule has 0 aliphatic heterocycles. The number of para-hydroxylation sites is 2. The first-order chi connectivity index (χ1) is 25.3. The lowest BCUT2D eigenvalue weighted by Gasteiger charge is -2.29. The van der Waals surface area contributed by atoms with Crippen LogP contribution in [0, 0.1) is 0 Å². The van der Waals surface area contributed by atoms with E-state index in [0.29, 0.717) is 0 Å². The number of nitrogens with zero attached hydrogens (tertiary/aromatic N) is 1. The first-order valence-corrected chi connectivity index (χ1v) is 17.3. The fourth-order valence-corrected chi connectivity index (χ4v) is 7.44. The number of benzene rings is 8. The second-order valence-electron chi connectivity index (χ2n) is 12.9. The first-order valence-electron chi connectivity index (χ1n) is 17.3. The van der Waals surface area contributed by atoms with Crippen LogP contribution in [0.3, 0.4) is 0 Å². The summed E-state index contributed by atoms with van der Waals surface area (Å²) < 4.78 is 13.2. The largest absolute Gasteiger partial charge is 0.456 e. The van der Waals surface area contributed by atoms with Crippen LogP contribution in [-0.4, -0.2) is 0 Å². The van der Waals surface area contributed by atoms with E-state index in [1.165, 1.54) is 0 Å². The molecule has 0 fully saturated rings. The third-order valence-electron chi connectivity index (χ3n) is 9.84. The quantitative estimate of drug-likeness (QED) is 0.179. The second-order valence-corrected chi connectivity index (χ2v) is 12.9. The van der Waals surface area contributed by atoms with E-state index in [2.05, 4.69) is 175 Å². The van der Waals surface area contributed by atoms with E-state index < -0.39 is 0 Å². The number of anilines is 3. The van der Waals surface area contributed by atoms with Crippen LogP contribution in [0.1, 0.15) is 0 Å². The zero-order valence-corrected chi connectivity index (χ0v) is 27.7. The summed E-state index contributed by atoms with van der Waals surface area (Å²) in [4.78, 5) is 2.38. The van der Waals surface area contributed by atoms with E-state index in [1.807, 2.05) is 18.2 Å². The summed E-state index contributed by atoms with van der Waals surface area (Å²) >= 11 is 0. The van der Waals surface area contributed by atoms with Crippen LogP contribution >= 0.6 is 0 Å². The van der Waals surface area contributed by atoms with Crippen LogP contribution in [0.5, 0.6) is 0 Å². The summed E-state index contributed by atoms with van der Waals surface area (Å²) in [6, 6.07) is 66.3. The SMILES string of the molecule is c1ccc(-c2cc(-c3ccccc3)cc(N(c3ccc4oc5ccccc5c4c3)c3c(-c4ccccc4)ccc4c3oc3ccccc34)c2)cc1. The van der Waals surface area contributed by atoms with Gasteiger partial charge >= 0.3 is 0 Å². The molecule has 0 aliphatic rings. The van der Waals surface area contributed by atoms with Crippen LogP contribution in [-0.2, 0) is 0 Å². The van der Waals surface area contributed by atoms with Crippen molar-refractivity contribution in [2.24, 2.45) is 0 Å². The molecule has 0 aliphatic carbocycles. The van der Waals surface area contributed by atoms with Crippen molar-refractivity contribution in [3.05, 3.63) is 188 Å². The maximum atomic E-state index is 6.88. The summed E-state index contributed by atoms with van der Waals surface area (Å²) in [5, 5.41) is 4.31. The van der Waals surface area contributed by atoms with Gasteiger partial charge in [0.05, 0.1) is 5.69 Å². The Hall–Kier alpha value is -6.84. The lowest BCUT2D eigenvalue weighted by atomic mass is 9.95. The van der Waals surface area contributed by atoms with Crippen LogP contribution < -0.4 is 4.90 Å². The molecule has 0 saturated heterocycles. The Kier molecular flexibility index (Phi) is 6.81. The molecule has 3 heteroatoms. The van der Waals surface area contributed by atoms with Gasteiger partial charge in [-0.25, -0.2) is 0 Å². The van der Waals surface area contributed by atoms with Crippen LogP contribution in [0.4, 0.5) is 17.1 Å². The molecular formula is C48H31NO2. The Bertz CT molecular complexity index is 2790. The van der Waals surface area contributed by atoms with Gasteiger partial charge in [-0.3, -0.25) is 0 Å². The highest BCUT2D eigenvalue weighted by molar-refractivity contribution is 6.14. The monoisotopic (exact) mass is 653 g/mol. The fourth-order valence-electron chi connectivity index (χ4n) is 7.44. The smallest absolute Gasteiger partial charge is 0.160 e. The van der Waals surface area contributed by atoms with E-state index in [-0.39, 0.29) is 0 Å². The molecule has 0 spiro atoms. The van der Waals surface area contributed by atoms with Gasteiger partial charge in [0.15, 0.2) is 5.58 Å².